The van der Waals surface area contributed by atoms with Crippen molar-refractivity contribution in [3.63, 3.8) is 0 Å². The van der Waals surface area contributed by atoms with Crippen molar-refractivity contribution >= 4 is 5.91 Å². The quantitative estimate of drug-likeness (QED) is 0.743. The summed E-state index contributed by atoms with van der Waals surface area (Å²) >= 11 is 0. The first kappa shape index (κ1) is 19.3. The Morgan fingerprint density at radius 2 is 2.08 bits per heavy atom. The zero-order chi connectivity index (χ0) is 18.7. The SMILES string of the molecule is CN1CCC(N(C)CC(=O)N2CCCn3nc([C@H](O)CO)cc3C2)CC1. The number of piperidine rings is 1. The second kappa shape index (κ2) is 8.47. The molecule has 1 saturated heterocycles. The average Bonchev–Trinajstić information content (AvgIpc) is 2.93. The second-order valence-electron chi connectivity index (χ2n) is 7.60. The first-order valence-electron chi connectivity index (χ1n) is 9.50. The Morgan fingerprint density at radius 1 is 1.35 bits per heavy atom. The van der Waals surface area contributed by atoms with Crippen LogP contribution in [-0.4, -0.2) is 93.5 Å². The summed E-state index contributed by atoms with van der Waals surface area (Å²) in [7, 11) is 4.19. The van der Waals surface area contributed by atoms with Gasteiger partial charge < -0.3 is 20.0 Å². The zero-order valence-corrected chi connectivity index (χ0v) is 15.8. The van der Waals surface area contributed by atoms with Crippen LogP contribution in [0.3, 0.4) is 0 Å². The lowest BCUT2D eigenvalue weighted by Crippen LogP contribution is -2.46. The highest BCUT2D eigenvalue weighted by atomic mass is 16.3. The van der Waals surface area contributed by atoms with Crippen LogP contribution >= 0.6 is 0 Å². The van der Waals surface area contributed by atoms with E-state index in [2.05, 4.69) is 21.9 Å². The summed E-state index contributed by atoms with van der Waals surface area (Å²) in [5, 5.41) is 23.3. The number of aliphatic hydroxyl groups excluding tert-OH is 2. The predicted octanol–water partition coefficient (Wildman–Crippen LogP) is -0.333. The number of aryl methyl sites for hydroxylation is 1. The third-order valence-electron chi connectivity index (χ3n) is 5.60. The zero-order valence-electron chi connectivity index (χ0n) is 15.8. The third kappa shape index (κ3) is 4.43. The molecule has 1 amide bonds. The van der Waals surface area contributed by atoms with Crippen molar-refractivity contribution in [1.29, 1.82) is 0 Å². The van der Waals surface area contributed by atoms with E-state index >= 15 is 0 Å². The third-order valence-corrected chi connectivity index (χ3v) is 5.60. The van der Waals surface area contributed by atoms with Gasteiger partial charge in [0.1, 0.15) is 6.10 Å². The Hall–Kier alpha value is -1.48. The first-order chi connectivity index (χ1) is 12.5. The molecule has 146 valence electrons. The van der Waals surface area contributed by atoms with E-state index in [-0.39, 0.29) is 12.5 Å². The lowest BCUT2D eigenvalue weighted by Gasteiger charge is -2.35. The molecule has 1 aromatic heterocycles. The molecule has 2 N–H and O–H groups in total. The molecule has 0 radical (unpaired) electrons. The van der Waals surface area contributed by atoms with Crippen molar-refractivity contribution in [1.82, 2.24) is 24.5 Å². The van der Waals surface area contributed by atoms with E-state index in [4.69, 9.17) is 5.11 Å². The number of aliphatic hydroxyl groups is 2. The van der Waals surface area contributed by atoms with E-state index < -0.39 is 6.10 Å². The average molecular weight is 365 g/mol. The maximum atomic E-state index is 12.8. The molecular formula is C18H31N5O3. The molecule has 0 aliphatic carbocycles. The van der Waals surface area contributed by atoms with Crippen LogP contribution in [0.15, 0.2) is 6.07 Å². The molecule has 26 heavy (non-hydrogen) atoms. The molecule has 3 rings (SSSR count). The normalized spacial score (nSPS) is 20.9. The summed E-state index contributed by atoms with van der Waals surface area (Å²) in [6.07, 6.45) is 2.09. The number of carbonyl (C=O) groups excluding carboxylic acids is 1. The van der Waals surface area contributed by atoms with Crippen LogP contribution in [0.4, 0.5) is 0 Å². The van der Waals surface area contributed by atoms with Gasteiger partial charge in [-0.25, -0.2) is 0 Å². The predicted molar refractivity (Wildman–Crippen MR) is 97.5 cm³/mol. The fourth-order valence-corrected chi connectivity index (χ4v) is 3.83. The molecule has 0 bridgehead atoms. The molecule has 8 nitrogen and oxygen atoms in total. The minimum atomic E-state index is -0.964. The monoisotopic (exact) mass is 365 g/mol. The van der Waals surface area contributed by atoms with Crippen molar-refractivity contribution in [2.75, 3.05) is 46.9 Å². The van der Waals surface area contributed by atoms with Gasteiger partial charge in [-0.2, -0.15) is 5.10 Å². The van der Waals surface area contributed by atoms with Gasteiger partial charge in [0.05, 0.1) is 31.1 Å². The van der Waals surface area contributed by atoms with Crippen LogP contribution in [0.2, 0.25) is 0 Å². The molecule has 8 heteroatoms. The number of aromatic nitrogens is 2. The molecule has 1 atom stereocenters. The number of likely N-dealkylation sites (tertiary alicyclic amines) is 1. The van der Waals surface area contributed by atoms with Gasteiger partial charge in [0.15, 0.2) is 0 Å². The van der Waals surface area contributed by atoms with Gasteiger partial charge in [0.25, 0.3) is 0 Å². The van der Waals surface area contributed by atoms with Gasteiger partial charge in [-0.15, -0.1) is 0 Å². The van der Waals surface area contributed by atoms with Gasteiger partial charge in [-0.3, -0.25) is 14.4 Å². The second-order valence-corrected chi connectivity index (χ2v) is 7.60. The highest BCUT2D eigenvalue weighted by Gasteiger charge is 2.26. The fourth-order valence-electron chi connectivity index (χ4n) is 3.83. The standard InChI is InChI=1S/C18H31N5O3/c1-20-8-4-14(5-9-20)21(2)12-18(26)22-6-3-7-23-15(11-22)10-16(19-23)17(25)13-24/h10,14,17,24-25H,3-9,11-13H2,1-2H3/t17-/m1/s1. The Kier molecular flexibility index (Phi) is 6.29. The first-order valence-corrected chi connectivity index (χ1v) is 9.50. The van der Waals surface area contributed by atoms with Crippen molar-refractivity contribution in [3.05, 3.63) is 17.5 Å². The van der Waals surface area contributed by atoms with Gasteiger partial charge in [-0.1, -0.05) is 0 Å². The van der Waals surface area contributed by atoms with Gasteiger partial charge >= 0.3 is 0 Å². The molecule has 0 saturated carbocycles. The van der Waals surface area contributed by atoms with Crippen molar-refractivity contribution < 1.29 is 15.0 Å². The summed E-state index contributed by atoms with van der Waals surface area (Å²) in [6.45, 7) is 4.22. The maximum absolute atomic E-state index is 12.8. The number of likely N-dealkylation sites (N-methyl/N-ethyl adjacent to an activating group) is 1. The van der Waals surface area contributed by atoms with E-state index in [0.717, 1.165) is 51.1 Å². The lowest BCUT2D eigenvalue weighted by atomic mass is 10.0. The minimum absolute atomic E-state index is 0.144. The number of hydrogen-bond acceptors (Lipinski definition) is 6. The van der Waals surface area contributed by atoms with Gasteiger partial charge in [0.2, 0.25) is 5.91 Å². The number of carbonyl (C=O) groups is 1. The van der Waals surface area contributed by atoms with Crippen LogP contribution in [0.25, 0.3) is 0 Å². The summed E-state index contributed by atoms with van der Waals surface area (Å²) in [6, 6.07) is 2.27. The molecule has 0 spiro atoms. The Morgan fingerprint density at radius 3 is 2.77 bits per heavy atom. The summed E-state index contributed by atoms with van der Waals surface area (Å²) in [5.41, 5.74) is 1.39. The van der Waals surface area contributed by atoms with Gasteiger partial charge in [0, 0.05) is 19.1 Å². The van der Waals surface area contributed by atoms with Crippen LogP contribution in [-0.2, 0) is 17.9 Å². The molecular weight excluding hydrogens is 334 g/mol. The Balaban J connectivity index is 1.60. The van der Waals surface area contributed by atoms with E-state index in [1.54, 1.807) is 6.07 Å². The Labute approximate surface area is 155 Å². The minimum Gasteiger partial charge on any atom is -0.393 e. The number of nitrogens with zero attached hydrogens (tertiary/aromatic N) is 5. The summed E-state index contributed by atoms with van der Waals surface area (Å²) in [4.78, 5) is 19.2. The largest absolute Gasteiger partial charge is 0.393 e. The van der Waals surface area contributed by atoms with Crippen LogP contribution in [0.1, 0.15) is 36.8 Å². The number of rotatable bonds is 5. The van der Waals surface area contributed by atoms with E-state index in [1.807, 2.05) is 16.6 Å². The van der Waals surface area contributed by atoms with Crippen LogP contribution < -0.4 is 0 Å². The summed E-state index contributed by atoms with van der Waals surface area (Å²) < 4.78 is 1.85. The van der Waals surface area contributed by atoms with E-state index in [1.165, 1.54) is 0 Å². The maximum Gasteiger partial charge on any atom is 0.237 e. The Bertz CT molecular complexity index is 612. The van der Waals surface area contributed by atoms with Crippen molar-refractivity contribution in [2.45, 2.75) is 44.5 Å². The lowest BCUT2D eigenvalue weighted by molar-refractivity contribution is -0.133. The fraction of sp³-hybridized carbons (Fsp3) is 0.778. The molecule has 1 aromatic rings. The summed E-state index contributed by atoms with van der Waals surface area (Å²) in [5.74, 6) is 0.144. The van der Waals surface area contributed by atoms with Crippen molar-refractivity contribution in [3.8, 4) is 0 Å². The molecule has 0 aromatic carbocycles. The van der Waals surface area contributed by atoms with Gasteiger partial charge in [-0.05, 0) is 52.5 Å². The van der Waals surface area contributed by atoms with E-state index in [9.17, 15) is 9.90 Å². The van der Waals surface area contributed by atoms with Crippen LogP contribution in [0, 0.1) is 0 Å². The van der Waals surface area contributed by atoms with Crippen LogP contribution in [0.5, 0.6) is 0 Å². The highest BCUT2D eigenvalue weighted by Crippen LogP contribution is 2.19. The highest BCUT2D eigenvalue weighted by molar-refractivity contribution is 5.78. The molecule has 1 fully saturated rings. The molecule has 0 unspecified atom stereocenters. The number of fused-ring (bicyclic) bond motifs is 1. The smallest absolute Gasteiger partial charge is 0.237 e. The van der Waals surface area contributed by atoms with E-state index in [0.29, 0.717) is 24.8 Å². The topological polar surface area (TPSA) is 85.1 Å². The molecule has 2 aliphatic rings. The molecule has 3 heterocycles. The number of hydrogen-bond donors (Lipinski definition) is 2. The van der Waals surface area contributed by atoms with Crippen molar-refractivity contribution in [2.24, 2.45) is 0 Å². The number of amides is 1. The molecule has 2 aliphatic heterocycles.